The van der Waals surface area contributed by atoms with Gasteiger partial charge in [0.1, 0.15) is 17.9 Å². The van der Waals surface area contributed by atoms with Crippen LogP contribution < -0.4 is 24.4 Å². The lowest BCUT2D eigenvalue weighted by Crippen LogP contribution is -2.57. The van der Waals surface area contributed by atoms with Gasteiger partial charge >= 0.3 is 0 Å². The van der Waals surface area contributed by atoms with Crippen molar-refractivity contribution in [2.45, 2.75) is 12.5 Å². The minimum Gasteiger partial charge on any atom is -0.497 e. The summed E-state index contributed by atoms with van der Waals surface area (Å²) in [6.07, 6.45) is 1.61. The summed E-state index contributed by atoms with van der Waals surface area (Å²) >= 11 is 0. The zero-order valence-corrected chi connectivity index (χ0v) is 17.2. The fourth-order valence-electron chi connectivity index (χ4n) is 3.95. The average molecular weight is 394 g/mol. The van der Waals surface area contributed by atoms with Crippen molar-refractivity contribution in [2.75, 3.05) is 45.9 Å². The highest BCUT2D eigenvalue weighted by Crippen LogP contribution is 2.36. The van der Waals surface area contributed by atoms with Crippen molar-refractivity contribution in [1.82, 2.24) is 15.3 Å². The predicted molar refractivity (Wildman–Crippen MR) is 113 cm³/mol. The van der Waals surface area contributed by atoms with Crippen molar-refractivity contribution in [2.24, 2.45) is 0 Å². The Balaban J connectivity index is 1.73. The molecule has 3 aromatic rings. The van der Waals surface area contributed by atoms with E-state index >= 15 is 0 Å². The quantitative estimate of drug-likeness (QED) is 0.713. The molecule has 0 radical (unpaired) electrons. The van der Waals surface area contributed by atoms with E-state index < -0.39 is 0 Å². The Morgan fingerprint density at radius 1 is 1.00 bits per heavy atom. The van der Waals surface area contributed by atoms with Gasteiger partial charge in [-0.15, -0.1) is 0 Å². The molecule has 0 bridgehead atoms. The Bertz CT molecular complexity index is 1030. The van der Waals surface area contributed by atoms with Gasteiger partial charge in [0, 0.05) is 31.1 Å². The minimum absolute atomic E-state index is 0.235. The van der Waals surface area contributed by atoms with Crippen LogP contribution in [0.3, 0.4) is 0 Å². The second-order valence-corrected chi connectivity index (χ2v) is 7.33. The molecule has 2 heterocycles. The van der Waals surface area contributed by atoms with Crippen LogP contribution in [0.15, 0.2) is 42.7 Å². The summed E-state index contributed by atoms with van der Waals surface area (Å²) in [5, 5.41) is 4.61. The van der Waals surface area contributed by atoms with Crippen LogP contribution in [-0.4, -0.2) is 50.9 Å². The third-order valence-electron chi connectivity index (χ3n) is 5.53. The lowest BCUT2D eigenvalue weighted by molar-refractivity contribution is 0.329. The molecule has 7 heteroatoms. The van der Waals surface area contributed by atoms with Crippen molar-refractivity contribution in [3.63, 3.8) is 0 Å². The average Bonchev–Trinajstić information content (AvgIpc) is 2.77. The Labute approximate surface area is 170 Å². The molecule has 0 spiro atoms. The van der Waals surface area contributed by atoms with Crippen molar-refractivity contribution < 1.29 is 14.2 Å². The van der Waals surface area contributed by atoms with Gasteiger partial charge in [0.25, 0.3) is 0 Å². The van der Waals surface area contributed by atoms with E-state index in [2.05, 4.69) is 39.2 Å². The number of benzene rings is 2. The summed E-state index contributed by atoms with van der Waals surface area (Å²) in [6.45, 7) is 4.66. The number of anilines is 1. The maximum Gasteiger partial charge on any atom is 0.162 e. The highest BCUT2D eigenvalue weighted by molar-refractivity contribution is 5.92. The monoisotopic (exact) mass is 394 g/mol. The van der Waals surface area contributed by atoms with E-state index in [1.54, 1.807) is 27.7 Å². The standard InChI is InChI=1S/C22H26N4O3/c1-22(15-6-5-7-16(10-15)27-2)13-26(9-8-25-22)21-17-11-19(28-3)20(29-4)12-18(17)23-14-24-21/h5-7,10-12,14,25H,8-9,13H2,1-4H3/t22-/m0/s1. The van der Waals surface area contributed by atoms with E-state index in [0.717, 1.165) is 42.1 Å². The van der Waals surface area contributed by atoms with Crippen LogP contribution in [0.1, 0.15) is 12.5 Å². The number of rotatable bonds is 5. The molecule has 0 amide bonds. The molecule has 0 aliphatic carbocycles. The highest BCUT2D eigenvalue weighted by atomic mass is 16.5. The summed E-state index contributed by atoms with van der Waals surface area (Å²) in [7, 11) is 4.95. The van der Waals surface area contributed by atoms with Gasteiger partial charge in [0.2, 0.25) is 0 Å². The van der Waals surface area contributed by atoms with Gasteiger partial charge in [-0.2, -0.15) is 0 Å². The van der Waals surface area contributed by atoms with Gasteiger partial charge in [-0.3, -0.25) is 0 Å². The molecule has 1 saturated heterocycles. The summed E-state index contributed by atoms with van der Waals surface area (Å²) in [4.78, 5) is 11.4. The molecule has 1 aromatic heterocycles. The summed E-state index contributed by atoms with van der Waals surface area (Å²) in [6, 6.07) is 12.0. The van der Waals surface area contributed by atoms with Crippen molar-refractivity contribution in [3.8, 4) is 17.2 Å². The van der Waals surface area contributed by atoms with E-state index in [0.29, 0.717) is 11.5 Å². The largest absolute Gasteiger partial charge is 0.497 e. The molecule has 1 atom stereocenters. The smallest absolute Gasteiger partial charge is 0.162 e. The number of piperazine rings is 1. The van der Waals surface area contributed by atoms with Crippen LogP contribution in [0.5, 0.6) is 17.2 Å². The van der Waals surface area contributed by atoms with E-state index in [9.17, 15) is 0 Å². The number of fused-ring (bicyclic) bond motifs is 1. The van der Waals surface area contributed by atoms with Crippen LogP contribution in [0.25, 0.3) is 10.9 Å². The summed E-state index contributed by atoms with van der Waals surface area (Å²) < 4.78 is 16.3. The maximum atomic E-state index is 5.50. The van der Waals surface area contributed by atoms with Gasteiger partial charge in [-0.05, 0) is 30.7 Å². The molecular weight excluding hydrogens is 368 g/mol. The molecule has 1 N–H and O–H groups in total. The molecule has 29 heavy (non-hydrogen) atoms. The summed E-state index contributed by atoms with van der Waals surface area (Å²) in [5.74, 6) is 3.08. The molecule has 2 aromatic carbocycles. The number of nitrogens with zero attached hydrogens (tertiary/aromatic N) is 3. The highest BCUT2D eigenvalue weighted by Gasteiger charge is 2.34. The van der Waals surface area contributed by atoms with Crippen molar-refractivity contribution >= 4 is 16.7 Å². The second kappa shape index (κ2) is 7.75. The zero-order valence-electron chi connectivity index (χ0n) is 17.2. The molecule has 1 aliphatic rings. The number of aromatic nitrogens is 2. The van der Waals surface area contributed by atoms with E-state index in [4.69, 9.17) is 14.2 Å². The van der Waals surface area contributed by atoms with Gasteiger partial charge in [-0.1, -0.05) is 12.1 Å². The fraction of sp³-hybridized carbons (Fsp3) is 0.364. The van der Waals surface area contributed by atoms with Crippen LogP contribution in [0.4, 0.5) is 5.82 Å². The first-order chi connectivity index (χ1) is 14.1. The Morgan fingerprint density at radius 3 is 2.55 bits per heavy atom. The minimum atomic E-state index is -0.235. The van der Waals surface area contributed by atoms with Gasteiger partial charge in [0.15, 0.2) is 11.5 Å². The first kappa shape index (κ1) is 19.3. The number of hydrogen-bond donors (Lipinski definition) is 1. The van der Waals surface area contributed by atoms with Crippen molar-refractivity contribution in [3.05, 3.63) is 48.3 Å². The Hall–Kier alpha value is -3.06. The number of methoxy groups -OCH3 is 3. The van der Waals surface area contributed by atoms with Crippen LogP contribution in [-0.2, 0) is 5.54 Å². The van der Waals surface area contributed by atoms with E-state index in [1.165, 1.54) is 5.56 Å². The number of ether oxygens (including phenoxy) is 3. The van der Waals surface area contributed by atoms with E-state index in [1.807, 2.05) is 24.3 Å². The molecule has 0 unspecified atom stereocenters. The topological polar surface area (TPSA) is 68.7 Å². The number of hydrogen-bond acceptors (Lipinski definition) is 7. The first-order valence-electron chi connectivity index (χ1n) is 9.59. The third kappa shape index (κ3) is 3.53. The second-order valence-electron chi connectivity index (χ2n) is 7.33. The Morgan fingerprint density at radius 2 is 1.79 bits per heavy atom. The Kier molecular flexibility index (Phi) is 5.15. The molecule has 0 saturated carbocycles. The zero-order chi connectivity index (χ0) is 20.4. The first-order valence-corrected chi connectivity index (χ1v) is 9.59. The normalized spacial score (nSPS) is 19.2. The molecule has 1 fully saturated rings. The van der Waals surface area contributed by atoms with Crippen LogP contribution in [0, 0.1) is 0 Å². The van der Waals surface area contributed by atoms with Crippen LogP contribution >= 0.6 is 0 Å². The van der Waals surface area contributed by atoms with Crippen molar-refractivity contribution in [1.29, 1.82) is 0 Å². The van der Waals surface area contributed by atoms with Gasteiger partial charge in [0.05, 0.1) is 32.4 Å². The SMILES string of the molecule is COc1cccc([C@]2(C)CN(c3ncnc4cc(OC)c(OC)cc34)CCN2)c1. The molecule has 1 aliphatic heterocycles. The molecule has 7 nitrogen and oxygen atoms in total. The van der Waals surface area contributed by atoms with Crippen LogP contribution in [0.2, 0.25) is 0 Å². The lowest BCUT2D eigenvalue weighted by atomic mass is 9.89. The molecule has 4 rings (SSSR count). The van der Waals surface area contributed by atoms with E-state index in [-0.39, 0.29) is 5.54 Å². The number of nitrogens with one attached hydrogen (secondary N) is 1. The molecular formula is C22H26N4O3. The van der Waals surface area contributed by atoms with Gasteiger partial charge < -0.3 is 24.4 Å². The predicted octanol–water partition coefficient (Wildman–Crippen LogP) is 2.98. The fourth-order valence-corrected chi connectivity index (χ4v) is 3.95. The lowest BCUT2D eigenvalue weighted by Gasteiger charge is -2.42. The summed E-state index contributed by atoms with van der Waals surface area (Å²) in [5.41, 5.74) is 1.77. The maximum absolute atomic E-state index is 5.50. The third-order valence-corrected chi connectivity index (χ3v) is 5.53. The van der Waals surface area contributed by atoms with Gasteiger partial charge in [-0.25, -0.2) is 9.97 Å². The molecule has 152 valence electrons.